The number of fused-ring (bicyclic) bond motifs is 1. The molecule has 1 N–H and O–H groups in total. The van der Waals surface area contributed by atoms with Gasteiger partial charge in [-0.15, -0.1) is 11.3 Å². The van der Waals surface area contributed by atoms with E-state index in [2.05, 4.69) is 19.6 Å². The monoisotopic (exact) mass is 432 g/mol. The van der Waals surface area contributed by atoms with E-state index in [-0.39, 0.29) is 4.90 Å². The molecule has 0 saturated carbocycles. The summed E-state index contributed by atoms with van der Waals surface area (Å²) in [5.74, 6) is 0.297. The predicted octanol–water partition coefficient (Wildman–Crippen LogP) is 4.18. The summed E-state index contributed by atoms with van der Waals surface area (Å²) >= 11 is 3.09. The Hall–Kier alpha value is -2.10. The minimum Gasteiger partial charge on any atom is -0.374 e. The molecule has 3 heterocycles. The van der Waals surface area contributed by atoms with Crippen molar-refractivity contribution >= 4 is 44.6 Å². The zero-order chi connectivity index (χ0) is 19.7. The number of pyridine rings is 1. The van der Waals surface area contributed by atoms with Gasteiger partial charge in [0.2, 0.25) is 0 Å². The summed E-state index contributed by atoms with van der Waals surface area (Å²) in [4.78, 5) is 11.9. The summed E-state index contributed by atoms with van der Waals surface area (Å²) in [6.45, 7) is 2.89. The zero-order valence-corrected chi connectivity index (χ0v) is 18.0. The van der Waals surface area contributed by atoms with E-state index in [4.69, 9.17) is 0 Å². The number of hydrogen-bond acceptors (Lipinski definition) is 7. The van der Waals surface area contributed by atoms with Gasteiger partial charge in [0.25, 0.3) is 10.0 Å². The third kappa shape index (κ3) is 4.16. The van der Waals surface area contributed by atoms with Crippen LogP contribution in [0.5, 0.6) is 0 Å². The standard InChI is InChI=1S/C19H20N4O2S3/c1-13-12-26-19(21-13)27-15-6-8-18(20-11-15)22-28(24,25)16-7-5-14-4-3-9-23(2)17(14)10-16/h5-8,10-12H,3-4,9H2,1-2H3,(H,20,22). The Labute approximate surface area is 173 Å². The maximum Gasteiger partial charge on any atom is 0.263 e. The Morgan fingerprint density at radius 2 is 2.11 bits per heavy atom. The van der Waals surface area contributed by atoms with E-state index in [1.807, 2.05) is 31.5 Å². The van der Waals surface area contributed by atoms with Gasteiger partial charge in [0.1, 0.15) is 5.82 Å². The SMILES string of the molecule is Cc1csc(Sc2ccc(NS(=O)(=O)c3ccc4c(c3)N(C)CCC4)nc2)n1. The Morgan fingerprint density at radius 1 is 1.25 bits per heavy atom. The molecule has 0 bridgehead atoms. The van der Waals surface area contributed by atoms with Crippen LogP contribution in [0.3, 0.4) is 0 Å². The topological polar surface area (TPSA) is 75.2 Å². The predicted molar refractivity (Wildman–Crippen MR) is 114 cm³/mol. The van der Waals surface area contributed by atoms with Crippen molar-refractivity contribution in [3.63, 3.8) is 0 Å². The van der Waals surface area contributed by atoms with Crippen molar-refractivity contribution in [1.29, 1.82) is 0 Å². The van der Waals surface area contributed by atoms with Gasteiger partial charge in [-0.05, 0) is 49.6 Å². The molecule has 0 spiro atoms. The van der Waals surface area contributed by atoms with E-state index in [9.17, 15) is 8.42 Å². The Morgan fingerprint density at radius 3 is 2.82 bits per heavy atom. The van der Waals surface area contributed by atoms with Crippen molar-refractivity contribution in [1.82, 2.24) is 9.97 Å². The van der Waals surface area contributed by atoms with Gasteiger partial charge in [-0.2, -0.15) is 0 Å². The smallest absolute Gasteiger partial charge is 0.263 e. The van der Waals surface area contributed by atoms with Crippen molar-refractivity contribution < 1.29 is 8.42 Å². The van der Waals surface area contributed by atoms with E-state index < -0.39 is 10.0 Å². The molecule has 0 fully saturated rings. The van der Waals surface area contributed by atoms with Crippen LogP contribution in [0, 0.1) is 6.92 Å². The second-order valence-electron chi connectivity index (χ2n) is 6.66. The maximum atomic E-state index is 12.8. The van der Waals surface area contributed by atoms with Crippen molar-refractivity contribution in [3.05, 3.63) is 53.2 Å². The number of anilines is 2. The van der Waals surface area contributed by atoms with Gasteiger partial charge < -0.3 is 4.90 Å². The summed E-state index contributed by atoms with van der Waals surface area (Å²) in [7, 11) is -1.71. The van der Waals surface area contributed by atoms with Crippen molar-refractivity contribution in [2.24, 2.45) is 0 Å². The van der Waals surface area contributed by atoms with Crippen LogP contribution in [-0.4, -0.2) is 32.0 Å². The molecule has 0 aliphatic carbocycles. The number of nitrogens with zero attached hydrogens (tertiary/aromatic N) is 3. The Bertz CT molecular complexity index is 1090. The van der Waals surface area contributed by atoms with E-state index in [0.717, 1.165) is 40.0 Å². The van der Waals surface area contributed by atoms with Crippen LogP contribution in [-0.2, 0) is 16.4 Å². The highest BCUT2D eigenvalue weighted by molar-refractivity contribution is 8.01. The highest BCUT2D eigenvalue weighted by Crippen LogP contribution is 2.31. The summed E-state index contributed by atoms with van der Waals surface area (Å²) in [6.07, 6.45) is 3.72. The Kier molecular flexibility index (Phi) is 5.31. The first-order chi connectivity index (χ1) is 13.4. The Balaban J connectivity index is 1.51. The number of rotatable bonds is 5. The lowest BCUT2D eigenvalue weighted by Gasteiger charge is -2.27. The molecule has 0 unspecified atom stereocenters. The number of sulfonamides is 1. The van der Waals surface area contributed by atoms with Crippen LogP contribution in [0.15, 0.2) is 56.0 Å². The molecule has 0 radical (unpaired) electrons. The molecule has 0 saturated heterocycles. The molecular weight excluding hydrogens is 412 g/mol. The van der Waals surface area contributed by atoms with Crippen LogP contribution in [0.2, 0.25) is 0 Å². The fourth-order valence-corrected chi connectivity index (χ4v) is 5.89. The number of hydrogen-bond donors (Lipinski definition) is 1. The largest absolute Gasteiger partial charge is 0.374 e. The molecule has 6 nitrogen and oxygen atoms in total. The average molecular weight is 433 g/mol. The summed E-state index contributed by atoms with van der Waals surface area (Å²) in [6, 6.07) is 8.82. The molecule has 0 atom stereocenters. The summed E-state index contributed by atoms with van der Waals surface area (Å²) < 4.78 is 29.1. The minimum absolute atomic E-state index is 0.249. The molecule has 0 amide bonds. The van der Waals surface area contributed by atoms with Gasteiger partial charge in [0, 0.05) is 41.4 Å². The highest BCUT2D eigenvalue weighted by atomic mass is 32.2. The van der Waals surface area contributed by atoms with Gasteiger partial charge in [0.05, 0.1) is 4.90 Å². The molecule has 146 valence electrons. The fourth-order valence-electron chi connectivity index (χ4n) is 3.08. The van der Waals surface area contributed by atoms with Crippen LogP contribution < -0.4 is 9.62 Å². The number of thiazole rings is 1. The van der Waals surface area contributed by atoms with E-state index in [1.165, 1.54) is 17.3 Å². The maximum absolute atomic E-state index is 12.8. The third-order valence-electron chi connectivity index (χ3n) is 4.50. The normalized spacial score (nSPS) is 14.0. The first-order valence-corrected chi connectivity index (χ1v) is 12.0. The fraction of sp³-hybridized carbons (Fsp3) is 0.263. The quantitative estimate of drug-likeness (QED) is 0.652. The first kappa shape index (κ1) is 19.2. The number of aryl methyl sites for hydroxylation is 2. The zero-order valence-electron chi connectivity index (χ0n) is 15.5. The van der Waals surface area contributed by atoms with E-state index in [1.54, 1.807) is 35.7 Å². The minimum atomic E-state index is -3.69. The highest BCUT2D eigenvalue weighted by Gasteiger charge is 2.20. The molecule has 3 aromatic rings. The molecule has 1 aromatic carbocycles. The lowest BCUT2D eigenvalue weighted by Crippen LogP contribution is -2.25. The molecule has 1 aliphatic rings. The van der Waals surface area contributed by atoms with Gasteiger partial charge in [0.15, 0.2) is 4.34 Å². The first-order valence-electron chi connectivity index (χ1n) is 8.84. The number of aromatic nitrogens is 2. The van der Waals surface area contributed by atoms with Crippen molar-refractivity contribution in [2.45, 2.75) is 33.9 Å². The van der Waals surface area contributed by atoms with E-state index >= 15 is 0 Å². The van der Waals surface area contributed by atoms with Crippen LogP contribution >= 0.6 is 23.1 Å². The number of nitrogens with one attached hydrogen (secondary N) is 1. The van der Waals surface area contributed by atoms with Crippen molar-refractivity contribution in [2.75, 3.05) is 23.2 Å². The molecule has 28 heavy (non-hydrogen) atoms. The van der Waals surface area contributed by atoms with E-state index in [0.29, 0.717) is 5.82 Å². The molecular formula is C19H20N4O2S3. The second-order valence-corrected chi connectivity index (χ2v) is 10.5. The van der Waals surface area contributed by atoms with Gasteiger partial charge in [-0.3, -0.25) is 4.72 Å². The lowest BCUT2D eigenvalue weighted by atomic mass is 10.0. The summed E-state index contributed by atoms with van der Waals surface area (Å²) in [5, 5.41) is 1.99. The molecule has 4 rings (SSSR count). The lowest BCUT2D eigenvalue weighted by molar-refractivity contribution is 0.601. The van der Waals surface area contributed by atoms with Crippen LogP contribution in [0.4, 0.5) is 11.5 Å². The van der Waals surface area contributed by atoms with Crippen molar-refractivity contribution in [3.8, 4) is 0 Å². The molecule has 2 aromatic heterocycles. The summed E-state index contributed by atoms with van der Waals surface area (Å²) in [5.41, 5.74) is 3.15. The van der Waals surface area contributed by atoms with Crippen LogP contribution in [0.1, 0.15) is 17.7 Å². The van der Waals surface area contributed by atoms with Gasteiger partial charge in [-0.1, -0.05) is 17.8 Å². The number of benzene rings is 1. The molecule has 9 heteroatoms. The van der Waals surface area contributed by atoms with Gasteiger partial charge in [-0.25, -0.2) is 18.4 Å². The van der Waals surface area contributed by atoms with Crippen LogP contribution in [0.25, 0.3) is 0 Å². The second kappa shape index (κ2) is 7.73. The average Bonchev–Trinajstić information content (AvgIpc) is 3.08. The third-order valence-corrected chi connectivity index (χ3v) is 7.88. The molecule has 1 aliphatic heterocycles. The van der Waals surface area contributed by atoms with Gasteiger partial charge >= 0.3 is 0 Å².